The Balaban J connectivity index is 1.85. The standard InChI is InChI=1S/C22H20BrClN2O/c1-15-6-8-20(19(24)14-15)26-22(17-4-2-3-5-18(17)23)21(27)9-7-16-10-12-25-13-11-16/h2-6,8,10-14,22,26H,7,9H2,1H3/t22-/m1/s1. The van der Waals surface area contributed by atoms with Crippen LogP contribution in [-0.2, 0) is 11.2 Å². The van der Waals surface area contributed by atoms with Crippen LogP contribution in [0.3, 0.4) is 0 Å². The van der Waals surface area contributed by atoms with Crippen molar-refractivity contribution in [2.24, 2.45) is 0 Å². The molecule has 1 aromatic heterocycles. The van der Waals surface area contributed by atoms with Crippen LogP contribution in [-0.4, -0.2) is 10.8 Å². The van der Waals surface area contributed by atoms with Gasteiger partial charge < -0.3 is 5.32 Å². The number of anilines is 1. The molecule has 0 aliphatic heterocycles. The lowest BCUT2D eigenvalue weighted by Crippen LogP contribution is -2.22. The largest absolute Gasteiger partial charge is 0.370 e. The number of halogens is 2. The first kappa shape index (κ1) is 19.6. The molecule has 0 saturated carbocycles. The third-order valence-electron chi connectivity index (χ3n) is 4.37. The first-order chi connectivity index (χ1) is 13.0. The molecule has 27 heavy (non-hydrogen) atoms. The maximum atomic E-state index is 13.1. The number of hydrogen-bond acceptors (Lipinski definition) is 3. The molecule has 138 valence electrons. The van der Waals surface area contributed by atoms with Crippen molar-refractivity contribution in [3.8, 4) is 0 Å². The van der Waals surface area contributed by atoms with E-state index in [4.69, 9.17) is 11.6 Å². The summed E-state index contributed by atoms with van der Waals surface area (Å²) in [6, 6.07) is 16.9. The molecule has 3 aromatic rings. The molecule has 0 unspecified atom stereocenters. The van der Waals surface area contributed by atoms with Crippen molar-refractivity contribution in [2.75, 3.05) is 5.32 Å². The monoisotopic (exact) mass is 442 g/mol. The van der Waals surface area contributed by atoms with E-state index in [1.165, 1.54) is 0 Å². The normalized spacial score (nSPS) is 11.8. The van der Waals surface area contributed by atoms with E-state index in [0.717, 1.165) is 26.9 Å². The Hall–Kier alpha value is -2.17. The Morgan fingerprint density at radius 1 is 1.15 bits per heavy atom. The van der Waals surface area contributed by atoms with E-state index < -0.39 is 6.04 Å². The van der Waals surface area contributed by atoms with Gasteiger partial charge in [-0.3, -0.25) is 9.78 Å². The second-order valence-corrected chi connectivity index (χ2v) is 7.67. The molecule has 0 bridgehead atoms. The topological polar surface area (TPSA) is 42.0 Å². The van der Waals surface area contributed by atoms with Gasteiger partial charge in [-0.05, 0) is 60.4 Å². The van der Waals surface area contributed by atoms with Crippen molar-refractivity contribution in [1.29, 1.82) is 0 Å². The summed E-state index contributed by atoms with van der Waals surface area (Å²) in [4.78, 5) is 17.1. The molecule has 0 spiro atoms. The van der Waals surface area contributed by atoms with Gasteiger partial charge in [0.15, 0.2) is 5.78 Å². The molecule has 1 atom stereocenters. The minimum Gasteiger partial charge on any atom is -0.370 e. The molecule has 0 fully saturated rings. The van der Waals surface area contributed by atoms with Gasteiger partial charge in [-0.1, -0.05) is 51.8 Å². The van der Waals surface area contributed by atoms with Gasteiger partial charge in [-0.2, -0.15) is 0 Å². The van der Waals surface area contributed by atoms with Crippen LogP contribution in [0.15, 0.2) is 71.5 Å². The second kappa shape index (κ2) is 9.16. The number of aromatic nitrogens is 1. The number of carbonyl (C=O) groups is 1. The Morgan fingerprint density at radius 2 is 1.89 bits per heavy atom. The van der Waals surface area contributed by atoms with E-state index in [2.05, 4.69) is 26.2 Å². The van der Waals surface area contributed by atoms with E-state index in [9.17, 15) is 4.79 Å². The van der Waals surface area contributed by atoms with Crippen LogP contribution in [0.4, 0.5) is 5.69 Å². The van der Waals surface area contributed by atoms with E-state index in [-0.39, 0.29) is 5.78 Å². The van der Waals surface area contributed by atoms with Crippen LogP contribution >= 0.6 is 27.5 Å². The van der Waals surface area contributed by atoms with Gasteiger partial charge in [0.05, 0.1) is 10.7 Å². The quantitative estimate of drug-likeness (QED) is 0.475. The van der Waals surface area contributed by atoms with Crippen molar-refractivity contribution < 1.29 is 4.79 Å². The maximum absolute atomic E-state index is 13.1. The molecular formula is C22H20BrClN2O. The molecular weight excluding hydrogens is 424 g/mol. The van der Waals surface area contributed by atoms with Gasteiger partial charge >= 0.3 is 0 Å². The number of hydrogen-bond donors (Lipinski definition) is 1. The summed E-state index contributed by atoms with van der Waals surface area (Å²) in [5.41, 5.74) is 3.82. The Kier molecular flexibility index (Phi) is 6.64. The van der Waals surface area contributed by atoms with Crippen LogP contribution < -0.4 is 5.32 Å². The SMILES string of the molecule is Cc1ccc(N[C@@H](C(=O)CCc2ccncc2)c2ccccc2Br)c(Cl)c1. The van der Waals surface area contributed by atoms with Gasteiger partial charge in [0, 0.05) is 23.3 Å². The highest BCUT2D eigenvalue weighted by Gasteiger charge is 2.23. The van der Waals surface area contributed by atoms with Crippen LogP contribution in [0.5, 0.6) is 0 Å². The van der Waals surface area contributed by atoms with Crippen molar-refractivity contribution in [2.45, 2.75) is 25.8 Å². The lowest BCUT2D eigenvalue weighted by atomic mass is 9.97. The fraction of sp³-hybridized carbons (Fsp3) is 0.182. The zero-order chi connectivity index (χ0) is 19.2. The molecule has 0 radical (unpaired) electrons. The predicted molar refractivity (Wildman–Crippen MR) is 114 cm³/mol. The molecule has 3 rings (SSSR count). The van der Waals surface area contributed by atoms with Gasteiger partial charge in [-0.25, -0.2) is 0 Å². The molecule has 0 aliphatic rings. The van der Waals surface area contributed by atoms with Crippen LogP contribution in [0.1, 0.15) is 29.2 Å². The van der Waals surface area contributed by atoms with Crippen LogP contribution in [0.25, 0.3) is 0 Å². The molecule has 2 aromatic carbocycles. The zero-order valence-electron chi connectivity index (χ0n) is 15.0. The average molecular weight is 444 g/mol. The molecule has 3 nitrogen and oxygen atoms in total. The Labute approximate surface area is 172 Å². The van der Waals surface area contributed by atoms with E-state index in [1.54, 1.807) is 12.4 Å². The highest BCUT2D eigenvalue weighted by atomic mass is 79.9. The van der Waals surface area contributed by atoms with Crippen LogP contribution in [0, 0.1) is 6.92 Å². The van der Waals surface area contributed by atoms with Crippen molar-refractivity contribution in [3.05, 3.63) is 93.2 Å². The summed E-state index contributed by atoms with van der Waals surface area (Å²) in [6.45, 7) is 1.99. The number of nitrogens with zero attached hydrogens (tertiary/aromatic N) is 1. The first-order valence-electron chi connectivity index (χ1n) is 8.73. The number of benzene rings is 2. The summed E-state index contributed by atoms with van der Waals surface area (Å²) in [5, 5.41) is 3.95. The molecule has 1 heterocycles. The predicted octanol–water partition coefficient (Wildman–Crippen LogP) is 6.16. The molecule has 0 saturated heterocycles. The van der Waals surface area contributed by atoms with Crippen molar-refractivity contribution in [3.63, 3.8) is 0 Å². The number of pyridine rings is 1. The highest BCUT2D eigenvalue weighted by molar-refractivity contribution is 9.10. The number of ketones is 1. The van der Waals surface area contributed by atoms with Gasteiger partial charge in [0.1, 0.15) is 6.04 Å². The van der Waals surface area contributed by atoms with Crippen molar-refractivity contribution in [1.82, 2.24) is 4.98 Å². The third kappa shape index (κ3) is 5.18. The number of rotatable bonds is 7. The van der Waals surface area contributed by atoms with Crippen LogP contribution in [0.2, 0.25) is 5.02 Å². The number of carbonyl (C=O) groups excluding carboxylic acids is 1. The summed E-state index contributed by atoms with van der Waals surface area (Å²) in [6.07, 6.45) is 4.59. The summed E-state index contributed by atoms with van der Waals surface area (Å²) in [7, 11) is 0. The average Bonchev–Trinajstić information content (AvgIpc) is 2.67. The number of aryl methyl sites for hydroxylation is 2. The summed E-state index contributed by atoms with van der Waals surface area (Å²) in [5.74, 6) is 0.107. The number of Topliss-reactive ketones (excluding diaryl/α,β-unsaturated/α-hetero) is 1. The molecule has 5 heteroatoms. The molecule has 0 amide bonds. The Bertz CT molecular complexity index is 931. The minimum atomic E-state index is -0.484. The lowest BCUT2D eigenvalue weighted by Gasteiger charge is -2.21. The highest BCUT2D eigenvalue weighted by Crippen LogP contribution is 2.31. The number of nitrogens with one attached hydrogen (secondary N) is 1. The van der Waals surface area contributed by atoms with Gasteiger partial charge in [0.25, 0.3) is 0 Å². The lowest BCUT2D eigenvalue weighted by molar-refractivity contribution is -0.119. The molecule has 0 aliphatic carbocycles. The summed E-state index contributed by atoms with van der Waals surface area (Å²) < 4.78 is 0.892. The minimum absolute atomic E-state index is 0.107. The fourth-order valence-corrected chi connectivity index (χ4v) is 3.70. The zero-order valence-corrected chi connectivity index (χ0v) is 17.3. The second-order valence-electron chi connectivity index (χ2n) is 6.40. The first-order valence-corrected chi connectivity index (χ1v) is 9.90. The molecule has 1 N–H and O–H groups in total. The maximum Gasteiger partial charge on any atom is 0.159 e. The third-order valence-corrected chi connectivity index (χ3v) is 5.41. The van der Waals surface area contributed by atoms with Gasteiger partial charge in [-0.15, -0.1) is 0 Å². The summed E-state index contributed by atoms with van der Waals surface area (Å²) >= 11 is 9.96. The van der Waals surface area contributed by atoms with E-state index in [0.29, 0.717) is 17.9 Å². The fourth-order valence-electron chi connectivity index (χ4n) is 2.89. The van der Waals surface area contributed by atoms with Gasteiger partial charge in [0.2, 0.25) is 0 Å². The Morgan fingerprint density at radius 3 is 2.59 bits per heavy atom. The van der Waals surface area contributed by atoms with Crippen molar-refractivity contribution >= 4 is 39.0 Å². The van der Waals surface area contributed by atoms with E-state index in [1.807, 2.05) is 61.5 Å². The van der Waals surface area contributed by atoms with E-state index >= 15 is 0 Å². The smallest absolute Gasteiger partial charge is 0.159 e.